The van der Waals surface area contributed by atoms with E-state index in [4.69, 9.17) is 5.73 Å². The van der Waals surface area contributed by atoms with Gasteiger partial charge in [-0.25, -0.2) is 15.0 Å². The van der Waals surface area contributed by atoms with Crippen LogP contribution >= 0.6 is 11.8 Å². The zero-order valence-electron chi connectivity index (χ0n) is 10.3. The molecule has 0 saturated carbocycles. The summed E-state index contributed by atoms with van der Waals surface area (Å²) in [5, 5.41) is 0.648. The SMILES string of the molecule is Nc1ncnc2nc(SCC(=O)N3CCCC3)[nH]c12. The molecule has 3 rings (SSSR count). The molecular weight excluding hydrogens is 264 g/mol. The predicted octanol–water partition coefficient (Wildman–Crippen LogP) is 0.650. The van der Waals surface area contributed by atoms with Crippen molar-refractivity contribution in [3.05, 3.63) is 6.33 Å². The van der Waals surface area contributed by atoms with E-state index in [1.165, 1.54) is 18.1 Å². The molecule has 0 bridgehead atoms. The minimum atomic E-state index is 0.155. The van der Waals surface area contributed by atoms with E-state index in [9.17, 15) is 4.79 Å². The highest BCUT2D eigenvalue weighted by Crippen LogP contribution is 2.21. The average molecular weight is 278 g/mol. The number of nitrogens with one attached hydrogen (secondary N) is 1. The molecule has 8 heteroatoms. The fraction of sp³-hybridized carbons (Fsp3) is 0.455. The Morgan fingerprint density at radius 1 is 1.42 bits per heavy atom. The number of fused-ring (bicyclic) bond motifs is 1. The molecule has 19 heavy (non-hydrogen) atoms. The topological polar surface area (TPSA) is 101 Å². The third-order valence-electron chi connectivity index (χ3n) is 3.09. The molecule has 3 heterocycles. The van der Waals surface area contributed by atoms with Gasteiger partial charge < -0.3 is 15.6 Å². The molecule has 0 spiro atoms. The number of carbonyl (C=O) groups is 1. The van der Waals surface area contributed by atoms with Gasteiger partial charge in [0.2, 0.25) is 5.91 Å². The maximum absolute atomic E-state index is 11.9. The van der Waals surface area contributed by atoms with Crippen LogP contribution < -0.4 is 5.73 Å². The van der Waals surface area contributed by atoms with Gasteiger partial charge in [0.25, 0.3) is 0 Å². The third kappa shape index (κ3) is 2.48. The molecule has 7 nitrogen and oxygen atoms in total. The molecule has 2 aromatic heterocycles. The summed E-state index contributed by atoms with van der Waals surface area (Å²) in [5.41, 5.74) is 6.87. The van der Waals surface area contributed by atoms with Gasteiger partial charge >= 0.3 is 0 Å². The lowest BCUT2D eigenvalue weighted by Crippen LogP contribution is -2.29. The molecule has 2 aromatic rings. The quantitative estimate of drug-likeness (QED) is 0.799. The van der Waals surface area contributed by atoms with Crippen LogP contribution in [0.4, 0.5) is 5.82 Å². The number of nitrogen functional groups attached to an aromatic ring is 1. The number of hydrogen-bond donors (Lipinski definition) is 2. The zero-order valence-corrected chi connectivity index (χ0v) is 11.1. The van der Waals surface area contributed by atoms with Gasteiger partial charge in [-0.3, -0.25) is 4.79 Å². The van der Waals surface area contributed by atoms with Gasteiger partial charge in [-0.05, 0) is 12.8 Å². The Kier molecular flexibility index (Phi) is 3.24. The van der Waals surface area contributed by atoms with Crippen molar-refractivity contribution >= 4 is 34.7 Å². The number of imidazole rings is 1. The van der Waals surface area contributed by atoms with E-state index in [0.29, 0.717) is 27.9 Å². The van der Waals surface area contributed by atoms with E-state index in [1.54, 1.807) is 0 Å². The number of anilines is 1. The molecule has 0 atom stereocenters. The summed E-state index contributed by atoms with van der Waals surface area (Å²) < 4.78 is 0. The fourth-order valence-electron chi connectivity index (χ4n) is 2.08. The smallest absolute Gasteiger partial charge is 0.233 e. The molecule has 0 radical (unpaired) electrons. The molecule has 1 aliphatic rings. The van der Waals surface area contributed by atoms with Crippen molar-refractivity contribution in [3.63, 3.8) is 0 Å². The number of aromatic amines is 1. The normalized spacial score (nSPS) is 15.3. The van der Waals surface area contributed by atoms with Gasteiger partial charge in [0.1, 0.15) is 11.8 Å². The first-order chi connectivity index (χ1) is 9.24. The number of rotatable bonds is 3. The highest BCUT2D eigenvalue weighted by Gasteiger charge is 2.18. The van der Waals surface area contributed by atoms with Crippen molar-refractivity contribution in [1.29, 1.82) is 0 Å². The van der Waals surface area contributed by atoms with Gasteiger partial charge in [-0.1, -0.05) is 11.8 Å². The van der Waals surface area contributed by atoms with Crippen LogP contribution in [0.15, 0.2) is 11.5 Å². The maximum Gasteiger partial charge on any atom is 0.233 e. The van der Waals surface area contributed by atoms with Crippen LogP contribution in [0, 0.1) is 0 Å². The van der Waals surface area contributed by atoms with Crippen LogP contribution in [-0.4, -0.2) is 49.6 Å². The Balaban J connectivity index is 1.68. The molecule has 3 N–H and O–H groups in total. The molecule has 1 saturated heterocycles. The van der Waals surface area contributed by atoms with Crippen LogP contribution in [0.25, 0.3) is 11.2 Å². The molecular formula is C11H14N6OS. The van der Waals surface area contributed by atoms with E-state index in [0.717, 1.165) is 25.9 Å². The molecule has 1 amide bonds. The van der Waals surface area contributed by atoms with Crippen molar-refractivity contribution in [2.45, 2.75) is 18.0 Å². The van der Waals surface area contributed by atoms with Gasteiger partial charge in [0.15, 0.2) is 16.6 Å². The third-order valence-corrected chi connectivity index (χ3v) is 3.95. The summed E-state index contributed by atoms with van der Waals surface area (Å²) in [6.07, 6.45) is 3.59. The molecule has 0 aromatic carbocycles. The molecule has 0 aliphatic carbocycles. The van der Waals surface area contributed by atoms with Crippen molar-refractivity contribution in [1.82, 2.24) is 24.8 Å². The van der Waals surface area contributed by atoms with Gasteiger partial charge in [0, 0.05) is 13.1 Å². The number of thioether (sulfide) groups is 1. The van der Waals surface area contributed by atoms with E-state index in [2.05, 4.69) is 19.9 Å². The van der Waals surface area contributed by atoms with Gasteiger partial charge in [0.05, 0.1) is 5.75 Å². The van der Waals surface area contributed by atoms with Crippen molar-refractivity contribution in [2.75, 3.05) is 24.6 Å². The standard InChI is InChI=1S/C11H14N6OS/c12-9-8-10(14-6-13-9)16-11(15-8)19-5-7(18)17-3-1-2-4-17/h6H,1-5H2,(H3,12,13,14,15,16). The Morgan fingerprint density at radius 3 is 2.95 bits per heavy atom. The first kappa shape index (κ1) is 12.2. The summed E-state index contributed by atoms with van der Waals surface area (Å²) >= 11 is 1.37. The summed E-state index contributed by atoms with van der Waals surface area (Å²) in [4.78, 5) is 29.0. The van der Waals surface area contributed by atoms with Gasteiger partial charge in [-0.15, -0.1) is 0 Å². The fourth-order valence-corrected chi connectivity index (χ4v) is 2.85. The largest absolute Gasteiger partial charge is 0.382 e. The second kappa shape index (κ2) is 5.04. The Hall–Kier alpha value is -1.83. The van der Waals surface area contributed by atoms with Crippen molar-refractivity contribution in [3.8, 4) is 0 Å². The van der Waals surface area contributed by atoms with E-state index >= 15 is 0 Å². The number of amides is 1. The Morgan fingerprint density at radius 2 is 2.21 bits per heavy atom. The lowest BCUT2D eigenvalue weighted by molar-refractivity contribution is -0.127. The molecule has 1 aliphatic heterocycles. The van der Waals surface area contributed by atoms with E-state index in [-0.39, 0.29) is 5.91 Å². The Labute approximate surface area is 114 Å². The zero-order chi connectivity index (χ0) is 13.2. The molecule has 100 valence electrons. The summed E-state index contributed by atoms with van der Waals surface area (Å²) in [6.45, 7) is 1.75. The number of H-pyrrole nitrogens is 1. The second-order valence-corrected chi connectivity index (χ2v) is 5.34. The highest BCUT2D eigenvalue weighted by molar-refractivity contribution is 7.99. The molecule has 1 fully saturated rings. The minimum Gasteiger partial charge on any atom is -0.382 e. The first-order valence-electron chi connectivity index (χ1n) is 6.11. The van der Waals surface area contributed by atoms with Crippen LogP contribution in [0.2, 0.25) is 0 Å². The van der Waals surface area contributed by atoms with E-state index in [1.807, 2.05) is 4.90 Å². The van der Waals surface area contributed by atoms with Gasteiger partial charge in [-0.2, -0.15) is 0 Å². The van der Waals surface area contributed by atoms with Crippen LogP contribution in [-0.2, 0) is 4.79 Å². The van der Waals surface area contributed by atoms with Crippen molar-refractivity contribution in [2.24, 2.45) is 0 Å². The van der Waals surface area contributed by atoms with Crippen LogP contribution in [0.3, 0.4) is 0 Å². The van der Waals surface area contributed by atoms with Crippen LogP contribution in [0.5, 0.6) is 0 Å². The number of nitrogens with zero attached hydrogens (tertiary/aromatic N) is 4. The number of likely N-dealkylation sites (tertiary alicyclic amines) is 1. The average Bonchev–Trinajstić information content (AvgIpc) is 3.05. The minimum absolute atomic E-state index is 0.155. The predicted molar refractivity (Wildman–Crippen MR) is 72.6 cm³/mol. The molecule has 0 unspecified atom stereocenters. The number of carbonyl (C=O) groups excluding carboxylic acids is 1. The van der Waals surface area contributed by atoms with E-state index < -0.39 is 0 Å². The lowest BCUT2D eigenvalue weighted by Gasteiger charge is -2.13. The van der Waals surface area contributed by atoms with Crippen molar-refractivity contribution < 1.29 is 4.79 Å². The summed E-state index contributed by atoms with van der Waals surface area (Å²) in [6, 6.07) is 0. The monoisotopic (exact) mass is 278 g/mol. The first-order valence-corrected chi connectivity index (χ1v) is 7.09. The highest BCUT2D eigenvalue weighted by atomic mass is 32.2. The summed E-state index contributed by atoms with van der Waals surface area (Å²) in [5.74, 6) is 0.907. The van der Waals surface area contributed by atoms with Crippen LogP contribution in [0.1, 0.15) is 12.8 Å². The summed E-state index contributed by atoms with van der Waals surface area (Å²) in [7, 11) is 0. The maximum atomic E-state index is 11.9. The number of aromatic nitrogens is 4. The second-order valence-electron chi connectivity index (χ2n) is 4.38. The number of hydrogen-bond acceptors (Lipinski definition) is 6. The number of nitrogens with two attached hydrogens (primary N) is 1. The lowest BCUT2D eigenvalue weighted by atomic mass is 10.4. The Bertz CT molecular complexity index is 606.